The monoisotopic (exact) mass is 284 g/mol. The molecule has 1 aliphatic carbocycles. The van der Waals surface area contributed by atoms with Gasteiger partial charge in [0.15, 0.2) is 5.82 Å². The molecule has 1 aliphatic heterocycles. The Kier molecular flexibility index (Phi) is 3.94. The van der Waals surface area contributed by atoms with Crippen LogP contribution >= 0.6 is 23.5 Å². The first kappa shape index (κ1) is 12.5. The molecule has 1 saturated heterocycles. The van der Waals surface area contributed by atoms with Crippen molar-refractivity contribution in [2.45, 2.75) is 36.9 Å². The SMILES string of the molecule is O=C1CCC(c2nc(C3CSCCS3)no2)CC1. The van der Waals surface area contributed by atoms with Gasteiger partial charge in [0.25, 0.3) is 0 Å². The highest BCUT2D eigenvalue weighted by atomic mass is 32.2. The van der Waals surface area contributed by atoms with E-state index in [1.54, 1.807) is 0 Å². The number of nitrogens with zero attached hydrogens (tertiary/aromatic N) is 2. The van der Waals surface area contributed by atoms with Crippen LogP contribution in [0.15, 0.2) is 4.52 Å². The lowest BCUT2D eigenvalue weighted by Gasteiger charge is -2.18. The van der Waals surface area contributed by atoms with Crippen LogP contribution in [0.1, 0.15) is 48.6 Å². The molecule has 2 aliphatic rings. The predicted molar refractivity (Wildman–Crippen MR) is 73.0 cm³/mol. The molecule has 6 heteroatoms. The number of hydrogen-bond donors (Lipinski definition) is 0. The highest BCUT2D eigenvalue weighted by Gasteiger charge is 2.27. The first-order valence-corrected chi connectivity index (χ1v) is 8.58. The molecular formula is C12H16N2O2S2. The lowest BCUT2D eigenvalue weighted by atomic mass is 9.88. The summed E-state index contributed by atoms with van der Waals surface area (Å²) in [7, 11) is 0. The van der Waals surface area contributed by atoms with Crippen molar-refractivity contribution in [1.82, 2.24) is 10.1 Å². The Balaban J connectivity index is 1.67. The highest BCUT2D eigenvalue weighted by Crippen LogP contribution is 2.37. The summed E-state index contributed by atoms with van der Waals surface area (Å²) in [5.41, 5.74) is 0. The fourth-order valence-electron chi connectivity index (χ4n) is 2.37. The zero-order chi connectivity index (χ0) is 12.4. The molecule has 0 radical (unpaired) electrons. The molecule has 0 bridgehead atoms. The van der Waals surface area contributed by atoms with Crippen LogP contribution in [0.4, 0.5) is 0 Å². The van der Waals surface area contributed by atoms with E-state index in [0.29, 0.717) is 29.8 Å². The fourth-order valence-corrected chi connectivity index (χ4v) is 4.96. The van der Waals surface area contributed by atoms with Gasteiger partial charge in [0.2, 0.25) is 5.89 Å². The third-order valence-electron chi connectivity index (χ3n) is 3.45. The van der Waals surface area contributed by atoms with E-state index < -0.39 is 0 Å². The van der Waals surface area contributed by atoms with E-state index in [9.17, 15) is 4.79 Å². The van der Waals surface area contributed by atoms with E-state index in [0.717, 1.165) is 36.1 Å². The number of Topliss-reactive ketones (excluding diaryl/α,β-unsaturated/α-hetero) is 1. The van der Waals surface area contributed by atoms with E-state index in [2.05, 4.69) is 10.1 Å². The molecule has 0 N–H and O–H groups in total. The lowest BCUT2D eigenvalue weighted by Crippen LogP contribution is -2.13. The second-order valence-corrected chi connectivity index (χ2v) is 7.20. The second kappa shape index (κ2) is 5.65. The minimum absolute atomic E-state index is 0.296. The zero-order valence-corrected chi connectivity index (χ0v) is 11.8. The summed E-state index contributed by atoms with van der Waals surface area (Å²) in [6.07, 6.45) is 3.06. The van der Waals surface area contributed by atoms with Crippen molar-refractivity contribution in [3.05, 3.63) is 11.7 Å². The van der Waals surface area contributed by atoms with Gasteiger partial charge in [-0.25, -0.2) is 0 Å². The molecule has 98 valence electrons. The van der Waals surface area contributed by atoms with Gasteiger partial charge in [0, 0.05) is 36.0 Å². The number of hydrogen-bond acceptors (Lipinski definition) is 6. The molecule has 1 unspecified atom stereocenters. The van der Waals surface area contributed by atoms with E-state index in [4.69, 9.17) is 4.52 Å². The maximum atomic E-state index is 11.2. The van der Waals surface area contributed by atoms with Crippen molar-refractivity contribution in [2.24, 2.45) is 0 Å². The number of aromatic nitrogens is 2. The average Bonchev–Trinajstić information content (AvgIpc) is 2.90. The Hall–Kier alpha value is -0.490. The quantitative estimate of drug-likeness (QED) is 0.832. The summed E-state index contributed by atoms with van der Waals surface area (Å²) in [6.45, 7) is 0. The van der Waals surface area contributed by atoms with Gasteiger partial charge >= 0.3 is 0 Å². The molecule has 0 spiro atoms. The van der Waals surface area contributed by atoms with Gasteiger partial charge in [-0.1, -0.05) is 5.16 Å². The van der Waals surface area contributed by atoms with Crippen molar-refractivity contribution >= 4 is 29.3 Å². The van der Waals surface area contributed by atoms with Crippen LogP contribution < -0.4 is 0 Å². The second-order valence-electron chi connectivity index (χ2n) is 4.74. The van der Waals surface area contributed by atoms with Gasteiger partial charge < -0.3 is 4.52 Å². The molecule has 1 aromatic rings. The molecule has 18 heavy (non-hydrogen) atoms. The normalized spacial score (nSPS) is 26.4. The van der Waals surface area contributed by atoms with Crippen molar-refractivity contribution in [1.29, 1.82) is 0 Å². The van der Waals surface area contributed by atoms with Crippen LogP contribution in [-0.4, -0.2) is 33.2 Å². The third-order valence-corrected chi connectivity index (χ3v) is 6.20. The van der Waals surface area contributed by atoms with E-state index in [-0.39, 0.29) is 0 Å². The minimum atomic E-state index is 0.296. The Morgan fingerprint density at radius 1 is 1.22 bits per heavy atom. The zero-order valence-electron chi connectivity index (χ0n) is 10.1. The van der Waals surface area contributed by atoms with E-state index in [1.165, 1.54) is 5.75 Å². The summed E-state index contributed by atoms with van der Waals surface area (Å²) in [6, 6.07) is 0. The first-order chi connectivity index (χ1) is 8.83. The number of carbonyl (C=O) groups excluding carboxylic acids is 1. The van der Waals surface area contributed by atoms with Crippen molar-refractivity contribution in [2.75, 3.05) is 17.3 Å². The topological polar surface area (TPSA) is 56.0 Å². The Bertz CT molecular complexity index is 419. The van der Waals surface area contributed by atoms with Crippen LogP contribution in [0.5, 0.6) is 0 Å². The smallest absolute Gasteiger partial charge is 0.229 e. The Morgan fingerprint density at radius 3 is 2.78 bits per heavy atom. The fraction of sp³-hybridized carbons (Fsp3) is 0.750. The van der Waals surface area contributed by atoms with Crippen LogP contribution in [0.2, 0.25) is 0 Å². The number of rotatable bonds is 2. The largest absolute Gasteiger partial charge is 0.339 e. The molecule has 1 aromatic heterocycles. The van der Waals surface area contributed by atoms with Gasteiger partial charge in [-0.15, -0.1) is 11.8 Å². The van der Waals surface area contributed by atoms with Gasteiger partial charge in [-0.3, -0.25) is 4.79 Å². The van der Waals surface area contributed by atoms with Crippen LogP contribution in [0.3, 0.4) is 0 Å². The van der Waals surface area contributed by atoms with Crippen LogP contribution in [0.25, 0.3) is 0 Å². The maximum Gasteiger partial charge on any atom is 0.229 e. The lowest BCUT2D eigenvalue weighted by molar-refractivity contribution is -0.120. The Labute approximate surface area is 115 Å². The number of ketones is 1. The number of carbonyl (C=O) groups is 1. The van der Waals surface area contributed by atoms with Gasteiger partial charge in [0.05, 0.1) is 5.25 Å². The summed E-state index contributed by atoms with van der Waals surface area (Å²) in [5, 5.41) is 4.51. The van der Waals surface area contributed by atoms with Crippen molar-refractivity contribution in [3.63, 3.8) is 0 Å². The first-order valence-electron chi connectivity index (χ1n) is 6.37. The molecule has 0 aromatic carbocycles. The minimum Gasteiger partial charge on any atom is -0.339 e. The molecule has 2 fully saturated rings. The molecular weight excluding hydrogens is 268 g/mol. The van der Waals surface area contributed by atoms with Crippen molar-refractivity contribution < 1.29 is 9.32 Å². The van der Waals surface area contributed by atoms with E-state index >= 15 is 0 Å². The van der Waals surface area contributed by atoms with Crippen molar-refractivity contribution in [3.8, 4) is 0 Å². The number of thioether (sulfide) groups is 2. The van der Waals surface area contributed by atoms with Crippen LogP contribution in [-0.2, 0) is 4.79 Å². The van der Waals surface area contributed by atoms with Gasteiger partial charge in [-0.05, 0) is 12.8 Å². The highest BCUT2D eigenvalue weighted by molar-refractivity contribution is 8.06. The Morgan fingerprint density at radius 2 is 2.06 bits per heavy atom. The van der Waals surface area contributed by atoms with Gasteiger partial charge in [0.1, 0.15) is 5.78 Å². The summed E-state index contributed by atoms with van der Waals surface area (Å²) in [4.78, 5) is 15.8. The molecule has 4 nitrogen and oxygen atoms in total. The summed E-state index contributed by atoms with van der Waals surface area (Å²) >= 11 is 3.87. The molecule has 2 heterocycles. The maximum absolute atomic E-state index is 11.2. The summed E-state index contributed by atoms with van der Waals surface area (Å²) < 4.78 is 5.40. The van der Waals surface area contributed by atoms with Crippen LogP contribution in [0, 0.1) is 0 Å². The molecule has 3 rings (SSSR count). The third kappa shape index (κ3) is 2.74. The summed E-state index contributed by atoms with van der Waals surface area (Å²) in [5.74, 6) is 5.71. The predicted octanol–water partition coefficient (Wildman–Crippen LogP) is 2.82. The standard InChI is InChI=1S/C12H16N2O2S2/c15-9-3-1-8(2-4-9)12-13-11(14-16-12)10-7-17-5-6-18-10/h8,10H,1-7H2. The molecule has 1 saturated carbocycles. The van der Waals surface area contributed by atoms with Gasteiger partial charge in [-0.2, -0.15) is 16.7 Å². The molecule has 1 atom stereocenters. The average molecular weight is 284 g/mol. The van der Waals surface area contributed by atoms with E-state index in [1.807, 2.05) is 23.5 Å². The molecule has 0 amide bonds.